The van der Waals surface area contributed by atoms with Crippen LogP contribution >= 0.6 is 15.9 Å². The third kappa shape index (κ3) is 3.11. The highest BCUT2D eigenvalue weighted by Gasteiger charge is 2.15. The van der Waals surface area contributed by atoms with Crippen molar-refractivity contribution in [2.45, 2.75) is 13.0 Å². The van der Waals surface area contributed by atoms with Gasteiger partial charge in [0.25, 0.3) is 0 Å². The number of aliphatic hydroxyl groups is 1. The lowest BCUT2D eigenvalue weighted by atomic mass is 10.1. The minimum Gasteiger partial charge on any atom is -0.454 e. The van der Waals surface area contributed by atoms with Crippen LogP contribution in [-0.4, -0.2) is 5.11 Å². The summed E-state index contributed by atoms with van der Waals surface area (Å²) >= 11 is 3.03. The van der Waals surface area contributed by atoms with Gasteiger partial charge in [-0.15, -0.1) is 0 Å². The van der Waals surface area contributed by atoms with Crippen molar-refractivity contribution in [2.24, 2.45) is 0 Å². The van der Waals surface area contributed by atoms with Crippen molar-refractivity contribution in [3.8, 4) is 11.5 Å². The van der Waals surface area contributed by atoms with Crippen molar-refractivity contribution >= 4 is 15.9 Å². The first-order chi connectivity index (χ1) is 8.99. The third-order valence-electron chi connectivity index (χ3n) is 2.56. The van der Waals surface area contributed by atoms with Gasteiger partial charge >= 0.3 is 0 Å². The van der Waals surface area contributed by atoms with Crippen molar-refractivity contribution in [3.63, 3.8) is 0 Å². The molecule has 1 N–H and O–H groups in total. The molecule has 0 aliphatic rings. The van der Waals surface area contributed by atoms with Crippen LogP contribution in [0, 0.1) is 11.6 Å². The molecule has 5 heteroatoms. The van der Waals surface area contributed by atoms with Crippen molar-refractivity contribution in [1.82, 2.24) is 0 Å². The fraction of sp³-hybridized carbons (Fsp3) is 0.143. The number of para-hydroxylation sites is 1. The van der Waals surface area contributed by atoms with Crippen LogP contribution in [0.25, 0.3) is 0 Å². The molecular weight excluding hydrogens is 318 g/mol. The standard InChI is InChI=1S/C14H11BrF2O2/c1-8(18)10-3-2-4-13(17)14(10)19-9-5-6-12(16)11(15)7-9/h2-8,18H,1H3/t8-/m0/s1. The average Bonchev–Trinajstić information content (AvgIpc) is 2.36. The van der Waals surface area contributed by atoms with Crippen LogP contribution in [0.15, 0.2) is 40.9 Å². The normalized spacial score (nSPS) is 12.3. The smallest absolute Gasteiger partial charge is 0.168 e. The Morgan fingerprint density at radius 3 is 2.53 bits per heavy atom. The molecule has 2 nitrogen and oxygen atoms in total. The molecule has 1 atom stereocenters. The molecular formula is C14H11BrF2O2. The van der Waals surface area contributed by atoms with Gasteiger partial charge in [0.2, 0.25) is 0 Å². The first-order valence-electron chi connectivity index (χ1n) is 5.58. The van der Waals surface area contributed by atoms with E-state index in [1.165, 1.54) is 37.3 Å². The summed E-state index contributed by atoms with van der Waals surface area (Å²) in [6.45, 7) is 1.52. The molecule has 0 fully saturated rings. The number of ether oxygens (including phenoxy) is 1. The van der Waals surface area contributed by atoms with Gasteiger partial charge in [0.15, 0.2) is 11.6 Å². The maximum atomic E-state index is 13.8. The van der Waals surface area contributed by atoms with Crippen LogP contribution < -0.4 is 4.74 Å². The van der Waals surface area contributed by atoms with Crippen molar-refractivity contribution in [1.29, 1.82) is 0 Å². The van der Waals surface area contributed by atoms with E-state index in [1.807, 2.05) is 0 Å². The maximum absolute atomic E-state index is 13.8. The number of hydrogen-bond donors (Lipinski definition) is 1. The van der Waals surface area contributed by atoms with Crippen molar-refractivity contribution in [3.05, 3.63) is 58.1 Å². The Morgan fingerprint density at radius 1 is 1.16 bits per heavy atom. The number of rotatable bonds is 3. The summed E-state index contributed by atoms with van der Waals surface area (Å²) in [5.41, 5.74) is 0.334. The molecule has 0 aliphatic heterocycles. The van der Waals surface area contributed by atoms with Gasteiger partial charge in [0, 0.05) is 5.56 Å². The second-order valence-corrected chi connectivity index (χ2v) is 4.87. The van der Waals surface area contributed by atoms with E-state index in [1.54, 1.807) is 6.07 Å². The Bertz CT molecular complexity index is 600. The molecule has 19 heavy (non-hydrogen) atoms. The summed E-state index contributed by atoms with van der Waals surface area (Å²) in [7, 11) is 0. The van der Waals surface area contributed by atoms with Crippen LogP contribution in [0.2, 0.25) is 0 Å². The third-order valence-corrected chi connectivity index (χ3v) is 3.17. The van der Waals surface area contributed by atoms with E-state index >= 15 is 0 Å². The van der Waals surface area contributed by atoms with Crippen molar-refractivity contribution in [2.75, 3.05) is 0 Å². The lowest BCUT2D eigenvalue weighted by molar-refractivity contribution is 0.194. The molecule has 0 bridgehead atoms. The Kier molecular flexibility index (Phi) is 4.17. The number of benzene rings is 2. The fourth-order valence-corrected chi connectivity index (χ4v) is 1.98. The van der Waals surface area contributed by atoms with Gasteiger partial charge in [-0.05, 0) is 47.1 Å². The Labute approximate surface area is 117 Å². The molecule has 0 unspecified atom stereocenters. The minimum atomic E-state index is -0.866. The van der Waals surface area contributed by atoms with Gasteiger partial charge in [-0.25, -0.2) is 8.78 Å². The first-order valence-corrected chi connectivity index (χ1v) is 6.37. The highest BCUT2D eigenvalue weighted by molar-refractivity contribution is 9.10. The van der Waals surface area contributed by atoms with Crippen LogP contribution in [0.5, 0.6) is 11.5 Å². The molecule has 0 spiro atoms. The lowest BCUT2D eigenvalue weighted by Gasteiger charge is -2.14. The van der Waals surface area contributed by atoms with E-state index in [0.29, 0.717) is 5.56 Å². The van der Waals surface area contributed by atoms with Crippen LogP contribution in [0.1, 0.15) is 18.6 Å². The van der Waals surface area contributed by atoms with Crippen LogP contribution in [0.4, 0.5) is 8.78 Å². The van der Waals surface area contributed by atoms with Gasteiger partial charge in [0.05, 0.1) is 10.6 Å². The zero-order chi connectivity index (χ0) is 14.0. The number of aliphatic hydroxyl groups excluding tert-OH is 1. The monoisotopic (exact) mass is 328 g/mol. The maximum Gasteiger partial charge on any atom is 0.168 e. The Hall–Kier alpha value is -1.46. The van der Waals surface area contributed by atoms with Gasteiger partial charge in [-0.2, -0.15) is 0 Å². The predicted octanol–water partition coefficient (Wildman–Crippen LogP) is 4.57. The molecule has 2 aromatic rings. The highest BCUT2D eigenvalue weighted by atomic mass is 79.9. The highest BCUT2D eigenvalue weighted by Crippen LogP contribution is 2.33. The summed E-state index contributed by atoms with van der Waals surface area (Å²) in [4.78, 5) is 0. The molecule has 100 valence electrons. The van der Waals surface area contributed by atoms with Gasteiger partial charge in [0.1, 0.15) is 11.6 Å². The minimum absolute atomic E-state index is 0.0593. The van der Waals surface area contributed by atoms with Crippen molar-refractivity contribution < 1.29 is 18.6 Å². The second kappa shape index (κ2) is 5.67. The van der Waals surface area contributed by atoms with E-state index in [2.05, 4.69) is 15.9 Å². The quantitative estimate of drug-likeness (QED) is 0.894. The van der Waals surface area contributed by atoms with Crippen LogP contribution in [0.3, 0.4) is 0 Å². The van der Waals surface area contributed by atoms with E-state index in [0.717, 1.165) is 0 Å². The summed E-state index contributed by atoms with van der Waals surface area (Å²) in [5, 5.41) is 9.59. The molecule has 0 saturated heterocycles. The topological polar surface area (TPSA) is 29.5 Å². The van der Waals surface area contributed by atoms with E-state index in [-0.39, 0.29) is 16.0 Å². The summed E-state index contributed by atoms with van der Waals surface area (Å²) in [6, 6.07) is 8.29. The summed E-state index contributed by atoms with van der Waals surface area (Å²) in [6.07, 6.45) is -0.866. The predicted molar refractivity (Wildman–Crippen MR) is 71.2 cm³/mol. The van der Waals surface area contributed by atoms with Crippen LogP contribution in [-0.2, 0) is 0 Å². The zero-order valence-corrected chi connectivity index (χ0v) is 11.6. The molecule has 0 aliphatic carbocycles. The van der Waals surface area contributed by atoms with E-state index in [9.17, 15) is 13.9 Å². The lowest BCUT2D eigenvalue weighted by Crippen LogP contribution is -1.98. The summed E-state index contributed by atoms with van der Waals surface area (Å²) < 4.78 is 32.5. The van der Waals surface area contributed by atoms with Gasteiger partial charge in [-0.3, -0.25) is 0 Å². The zero-order valence-electron chi connectivity index (χ0n) is 10.0. The van der Waals surface area contributed by atoms with Gasteiger partial charge in [-0.1, -0.05) is 12.1 Å². The molecule has 0 aromatic heterocycles. The molecule has 2 rings (SSSR count). The van der Waals surface area contributed by atoms with E-state index in [4.69, 9.17) is 4.74 Å². The molecule has 0 amide bonds. The van der Waals surface area contributed by atoms with Gasteiger partial charge < -0.3 is 9.84 Å². The molecule has 0 radical (unpaired) electrons. The van der Waals surface area contributed by atoms with E-state index < -0.39 is 17.7 Å². The molecule has 2 aromatic carbocycles. The number of halogens is 3. The summed E-state index contributed by atoms with van der Waals surface area (Å²) in [5.74, 6) is -0.799. The molecule has 0 heterocycles. The number of hydrogen-bond acceptors (Lipinski definition) is 2. The second-order valence-electron chi connectivity index (χ2n) is 4.01. The Morgan fingerprint density at radius 2 is 1.89 bits per heavy atom. The average molecular weight is 329 g/mol. The fourth-order valence-electron chi connectivity index (χ4n) is 1.62. The Balaban J connectivity index is 2.40. The first kappa shape index (κ1) is 14.0. The largest absolute Gasteiger partial charge is 0.454 e. The molecule has 0 saturated carbocycles. The SMILES string of the molecule is C[C@H](O)c1cccc(F)c1Oc1ccc(F)c(Br)c1.